The van der Waals surface area contributed by atoms with Gasteiger partial charge in [0.15, 0.2) is 0 Å². The molecular formula is C14H19F2NO2. The number of esters is 1. The molecule has 0 aliphatic carbocycles. The number of carbonyl (C=O) groups excluding carboxylic acids is 1. The van der Waals surface area contributed by atoms with Gasteiger partial charge < -0.3 is 10.1 Å². The number of nitrogens with one attached hydrogen (secondary N) is 1. The number of hydrogen-bond acceptors (Lipinski definition) is 3. The molecule has 1 N–H and O–H groups in total. The smallest absolute Gasteiger partial charge is 0.305 e. The van der Waals surface area contributed by atoms with E-state index in [4.69, 9.17) is 4.74 Å². The van der Waals surface area contributed by atoms with E-state index in [-0.39, 0.29) is 11.5 Å². The summed E-state index contributed by atoms with van der Waals surface area (Å²) in [5, 5.41) is 3.15. The molecule has 0 saturated heterocycles. The van der Waals surface area contributed by atoms with Gasteiger partial charge in [0.05, 0.1) is 6.61 Å². The molecule has 0 spiro atoms. The van der Waals surface area contributed by atoms with Crippen molar-refractivity contribution >= 4 is 5.97 Å². The largest absolute Gasteiger partial charge is 0.466 e. The monoisotopic (exact) mass is 271 g/mol. The van der Waals surface area contributed by atoms with E-state index in [1.807, 2.05) is 0 Å². The molecule has 106 valence electrons. The Morgan fingerprint density at radius 1 is 1.32 bits per heavy atom. The van der Waals surface area contributed by atoms with Gasteiger partial charge in [0.1, 0.15) is 0 Å². The zero-order valence-corrected chi connectivity index (χ0v) is 11.0. The zero-order chi connectivity index (χ0) is 14.1. The first-order chi connectivity index (χ1) is 9.13. The molecule has 0 aliphatic rings. The van der Waals surface area contributed by atoms with E-state index in [0.29, 0.717) is 32.5 Å². The Labute approximate surface area is 112 Å². The normalized spacial score (nSPS) is 10.7. The molecule has 1 aromatic rings. The van der Waals surface area contributed by atoms with Crippen LogP contribution in [0.4, 0.5) is 8.78 Å². The van der Waals surface area contributed by atoms with Gasteiger partial charge in [-0.2, -0.15) is 0 Å². The van der Waals surface area contributed by atoms with Crippen LogP contribution in [0.2, 0.25) is 0 Å². The van der Waals surface area contributed by atoms with Gasteiger partial charge in [-0.15, -0.1) is 0 Å². The van der Waals surface area contributed by atoms with Crippen LogP contribution in [0, 0.1) is 0 Å². The van der Waals surface area contributed by atoms with Gasteiger partial charge in [0.25, 0.3) is 6.43 Å². The second kappa shape index (κ2) is 8.58. The van der Waals surface area contributed by atoms with Crippen molar-refractivity contribution in [1.29, 1.82) is 0 Å². The number of rotatable bonds is 8. The quantitative estimate of drug-likeness (QED) is 0.583. The lowest BCUT2D eigenvalue weighted by Crippen LogP contribution is -2.16. The molecule has 0 amide bonds. The van der Waals surface area contributed by atoms with E-state index in [2.05, 4.69) is 5.32 Å². The van der Waals surface area contributed by atoms with Crippen molar-refractivity contribution in [2.75, 3.05) is 13.2 Å². The molecule has 0 aromatic heterocycles. The molecule has 0 bridgehead atoms. The molecule has 0 aliphatic heterocycles. The van der Waals surface area contributed by atoms with E-state index >= 15 is 0 Å². The maximum atomic E-state index is 12.3. The molecule has 0 radical (unpaired) electrons. The summed E-state index contributed by atoms with van der Waals surface area (Å²) in [7, 11) is 0. The fourth-order valence-corrected chi connectivity index (χ4v) is 1.60. The van der Waals surface area contributed by atoms with Gasteiger partial charge in [0.2, 0.25) is 0 Å². The van der Waals surface area contributed by atoms with Crippen LogP contribution in [0.25, 0.3) is 0 Å². The average Bonchev–Trinajstić information content (AvgIpc) is 2.39. The summed E-state index contributed by atoms with van der Waals surface area (Å²) in [5.41, 5.74) is 0.978. The molecule has 3 nitrogen and oxygen atoms in total. The molecule has 1 rings (SSSR count). The van der Waals surface area contributed by atoms with Gasteiger partial charge in [0, 0.05) is 18.5 Å². The van der Waals surface area contributed by atoms with Crippen LogP contribution in [0.1, 0.15) is 37.3 Å². The van der Waals surface area contributed by atoms with Crippen LogP contribution >= 0.6 is 0 Å². The first-order valence-electron chi connectivity index (χ1n) is 6.36. The van der Waals surface area contributed by atoms with E-state index in [1.54, 1.807) is 19.1 Å². The second-order valence-corrected chi connectivity index (χ2v) is 4.13. The van der Waals surface area contributed by atoms with E-state index < -0.39 is 6.43 Å². The molecule has 5 heteroatoms. The Morgan fingerprint density at radius 2 is 2.00 bits per heavy atom. The summed E-state index contributed by atoms with van der Waals surface area (Å²) in [5.74, 6) is -0.189. The first-order valence-corrected chi connectivity index (χ1v) is 6.36. The number of hydrogen-bond donors (Lipinski definition) is 1. The maximum Gasteiger partial charge on any atom is 0.305 e. The average molecular weight is 271 g/mol. The number of halogens is 2. The molecular weight excluding hydrogens is 252 g/mol. The standard InChI is InChI=1S/C14H19F2NO2/c1-2-19-13(18)4-3-9-17-10-11-5-7-12(8-6-11)14(15)16/h5-8,14,17H,2-4,9-10H2,1H3. The summed E-state index contributed by atoms with van der Waals surface area (Å²) in [6.07, 6.45) is -1.33. The molecule has 0 heterocycles. The molecule has 0 saturated carbocycles. The predicted octanol–water partition coefficient (Wildman–Crippen LogP) is 3.06. The highest BCUT2D eigenvalue weighted by molar-refractivity contribution is 5.69. The number of ether oxygens (including phenoxy) is 1. The lowest BCUT2D eigenvalue weighted by Gasteiger charge is -2.06. The van der Waals surface area contributed by atoms with Crippen molar-refractivity contribution in [1.82, 2.24) is 5.32 Å². The number of alkyl halides is 2. The first kappa shape index (κ1) is 15.6. The Bertz CT molecular complexity index is 380. The Hall–Kier alpha value is -1.49. The minimum atomic E-state index is -2.42. The number of benzene rings is 1. The van der Waals surface area contributed by atoms with E-state index in [9.17, 15) is 13.6 Å². The van der Waals surface area contributed by atoms with Crippen LogP contribution in [0.15, 0.2) is 24.3 Å². The molecule has 0 atom stereocenters. The number of carbonyl (C=O) groups is 1. The minimum Gasteiger partial charge on any atom is -0.466 e. The summed E-state index contributed by atoms with van der Waals surface area (Å²) in [6.45, 7) is 3.48. The Morgan fingerprint density at radius 3 is 2.58 bits per heavy atom. The fraction of sp³-hybridized carbons (Fsp3) is 0.500. The van der Waals surface area contributed by atoms with Crippen molar-refractivity contribution in [3.8, 4) is 0 Å². The molecule has 0 fully saturated rings. The maximum absolute atomic E-state index is 12.3. The summed E-state index contributed by atoms with van der Waals surface area (Å²) in [4.78, 5) is 11.1. The summed E-state index contributed by atoms with van der Waals surface area (Å²) < 4.78 is 29.5. The topological polar surface area (TPSA) is 38.3 Å². The second-order valence-electron chi connectivity index (χ2n) is 4.13. The van der Waals surface area contributed by atoms with Gasteiger partial charge in [-0.1, -0.05) is 24.3 Å². The van der Waals surface area contributed by atoms with Crippen molar-refractivity contribution in [3.63, 3.8) is 0 Å². The Kier molecular flexibility index (Phi) is 7.03. The SMILES string of the molecule is CCOC(=O)CCCNCc1ccc(C(F)F)cc1. The third-order valence-corrected chi connectivity index (χ3v) is 2.60. The van der Waals surface area contributed by atoms with Crippen LogP contribution in [0.3, 0.4) is 0 Å². The third kappa shape index (κ3) is 6.29. The predicted molar refractivity (Wildman–Crippen MR) is 69.0 cm³/mol. The fourth-order valence-electron chi connectivity index (χ4n) is 1.60. The van der Waals surface area contributed by atoms with Crippen LogP contribution < -0.4 is 5.32 Å². The van der Waals surface area contributed by atoms with Crippen molar-refractivity contribution < 1.29 is 18.3 Å². The highest BCUT2D eigenvalue weighted by atomic mass is 19.3. The molecule has 19 heavy (non-hydrogen) atoms. The van der Waals surface area contributed by atoms with Crippen LogP contribution in [-0.4, -0.2) is 19.1 Å². The van der Waals surface area contributed by atoms with Crippen molar-refractivity contribution in [3.05, 3.63) is 35.4 Å². The van der Waals surface area contributed by atoms with Gasteiger partial charge in [-0.25, -0.2) is 8.78 Å². The van der Waals surface area contributed by atoms with Crippen LogP contribution in [0.5, 0.6) is 0 Å². The third-order valence-electron chi connectivity index (χ3n) is 2.60. The zero-order valence-electron chi connectivity index (χ0n) is 11.0. The van der Waals surface area contributed by atoms with E-state index in [0.717, 1.165) is 5.56 Å². The Balaban J connectivity index is 2.17. The van der Waals surface area contributed by atoms with Crippen molar-refractivity contribution in [2.24, 2.45) is 0 Å². The van der Waals surface area contributed by atoms with Gasteiger partial charge in [-0.05, 0) is 25.5 Å². The van der Waals surface area contributed by atoms with Gasteiger partial charge >= 0.3 is 5.97 Å². The lowest BCUT2D eigenvalue weighted by atomic mass is 10.1. The van der Waals surface area contributed by atoms with E-state index in [1.165, 1.54) is 12.1 Å². The molecule has 0 unspecified atom stereocenters. The minimum absolute atomic E-state index is 0.0334. The van der Waals surface area contributed by atoms with Crippen molar-refractivity contribution in [2.45, 2.75) is 32.7 Å². The summed E-state index contributed by atoms with van der Waals surface area (Å²) >= 11 is 0. The van der Waals surface area contributed by atoms with Crippen LogP contribution in [-0.2, 0) is 16.1 Å². The highest BCUT2D eigenvalue weighted by Crippen LogP contribution is 2.18. The highest BCUT2D eigenvalue weighted by Gasteiger charge is 2.05. The summed E-state index contributed by atoms with van der Waals surface area (Å²) in [6, 6.07) is 6.22. The van der Waals surface area contributed by atoms with Gasteiger partial charge in [-0.3, -0.25) is 4.79 Å². The lowest BCUT2D eigenvalue weighted by molar-refractivity contribution is -0.143. The molecule has 1 aromatic carbocycles.